The molecule has 2 heterocycles. The van der Waals surface area contributed by atoms with Crippen LogP contribution >= 0.6 is 12.2 Å². The molecule has 0 saturated carbocycles. The van der Waals surface area contributed by atoms with Gasteiger partial charge in [-0.25, -0.2) is 9.49 Å². The Balaban J connectivity index is 1.97. The average Bonchev–Trinajstić information content (AvgIpc) is 3.05. The van der Waals surface area contributed by atoms with Crippen LogP contribution in [0.25, 0.3) is 11.5 Å². The summed E-state index contributed by atoms with van der Waals surface area (Å²) in [7, 11) is 0. The van der Waals surface area contributed by atoms with Crippen molar-refractivity contribution in [3.63, 3.8) is 0 Å². The van der Waals surface area contributed by atoms with Crippen LogP contribution in [0.3, 0.4) is 0 Å². The number of hydrogen-bond donors (Lipinski definition) is 2. The molecular weight excluding hydrogens is 291 g/mol. The first kappa shape index (κ1) is 13.4. The minimum atomic E-state index is -0.292. The third-order valence-corrected chi connectivity index (χ3v) is 3.04. The molecule has 1 aromatic carbocycles. The van der Waals surface area contributed by atoms with Gasteiger partial charge in [-0.05, 0) is 42.9 Å². The third-order valence-electron chi connectivity index (χ3n) is 2.78. The first-order valence-corrected chi connectivity index (χ1v) is 6.54. The van der Waals surface area contributed by atoms with Crippen LogP contribution < -0.4 is 0 Å². The number of aryl methyl sites for hydroxylation is 1. The number of aromatic amines is 2. The number of H-pyrrole nitrogens is 2. The Bertz CT molecular complexity index is 842. The minimum Gasteiger partial charge on any atom is -0.282 e. The van der Waals surface area contributed by atoms with E-state index in [4.69, 9.17) is 12.2 Å². The molecule has 0 aliphatic heterocycles. The first-order chi connectivity index (χ1) is 10.1. The number of rotatable bonds is 3. The summed E-state index contributed by atoms with van der Waals surface area (Å²) in [6, 6.07) is 7.83. The van der Waals surface area contributed by atoms with E-state index in [9.17, 15) is 4.39 Å². The number of halogens is 1. The van der Waals surface area contributed by atoms with E-state index in [1.807, 2.05) is 13.0 Å². The van der Waals surface area contributed by atoms with Crippen LogP contribution in [0.2, 0.25) is 0 Å². The van der Waals surface area contributed by atoms with E-state index in [2.05, 4.69) is 25.5 Å². The summed E-state index contributed by atoms with van der Waals surface area (Å²) in [5.74, 6) is 0.211. The fourth-order valence-electron chi connectivity index (χ4n) is 1.77. The zero-order valence-electron chi connectivity index (χ0n) is 11.0. The van der Waals surface area contributed by atoms with Crippen molar-refractivity contribution in [2.24, 2.45) is 5.10 Å². The van der Waals surface area contributed by atoms with Gasteiger partial charge in [0.05, 0.1) is 6.21 Å². The predicted molar refractivity (Wildman–Crippen MR) is 79.1 cm³/mol. The highest BCUT2D eigenvalue weighted by Gasteiger charge is 2.10. The number of nitrogens with zero attached hydrogens (tertiary/aromatic N) is 4. The molecule has 6 nitrogen and oxygen atoms in total. The van der Waals surface area contributed by atoms with E-state index < -0.39 is 0 Å². The molecule has 0 unspecified atom stereocenters. The molecule has 0 aliphatic rings. The molecule has 3 aromatic rings. The predicted octanol–water partition coefficient (Wildman–Crippen LogP) is 2.66. The Morgan fingerprint density at radius 3 is 2.67 bits per heavy atom. The van der Waals surface area contributed by atoms with Crippen molar-refractivity contribution in [1.29, 1.82) is 0 Å². The maximum atomic E-state index is 12.9. The highest BCUT2D eigenvalue weighted by atomic mass is 32.1. The fourth-order valence-corrected chi connectivity index (χ4v) is 1.95. The van der Waals surface area contributed by atoms with Gasteiger partial charge >= 0.3 is 0 Å². The zero-order valence-corrected chi connectivity index (χ0v) is 11.9. The molecule has 0 radical (unpaired) electrons. The van der Waals surface area contributed by atoms with Crippen LogP contribution in [0, 0.1) is 17.5 Å². The summed E-state index contributed by atoms with van der Waals surface area (Å²) in [6.45, 7) is 1.89. The van der Waals surface area contributed by atoms with E-state index in [0.29, 0.717) is 16.3 Å². The minimum absolute atomic E-state index is 0.292. The Kier molecular flexibility index (Phi) is 3.44. The summed E-state index contributed by atoms with van der Waals surface area (Å²) in [5.41, 5.74) is 2.30. The van der Waals surface area contributed by atoms with Crippen LogP contribution in [0.15, 0.2) is 35.4 Å². The highest BCUT2D eigenvalue weighted by molar-refractivity contribution is 7.71. The monoisotopic (exact) mass is 302 g/mol. The van der Waals surface area contributed by atoms with Crippen molar-refractivity contribution in [2.45, 2.75) is 6.92 Å². The van der Waals surface area contributed by atoms with Gasteiger partial charge in [-0.1, -0.05) is 12.1 Å². The quantitative estimate of drug-likeness (QED) is 0.577. The second-order valence-electron chi connectivity index (χ2n) is 4.40. The van der Waals surface area contributed by atoms with E-state index in [1.54, 1.807) is 18.3 Å². The maximum absolute atomic E-state index is 12.9. The summed E-state index contributed by atoms with van der Waals surface area (Å²) in [4.78, 5) is 0. The van der Waals surface area contributed by atoms with Crippen LogP contribution in [-0.2, 0) is 0 Å². The Morgan fingerprint density at radius 2 is 2.00 bits per heavy atom. The van der Waals surface area contributed by atoms with Crippen molar-refractivity contribution in [2.75, 3.05) is 0 Å². The zero-order chi connectivity index (χ0) is 14.8. The average molecular weight is 302 g/mol. The van der Waals surface area contributed by atoms with Gasteiger partial charge in [-0.15, -0.1) is 0 Å². The standard InChI is InChI=1S/C13H11FN6S/c1-8-6-11(17-16-8)12-18-19-13(21)20(12)15-7-9-2-4-10(14)5-3-9/h2-7H,1H3,(H,16,17)(H,19,21)/b15-7+. The lowest BCUT2D eigenvalue weighted by atomic mass is 10.2. The highest BCUT2D eigenvalue weighted by Crippen LogP contribution is 2.15. The van der Waals surface area contributed by atoms with Crippen molar-refractivity contribution in [3.05, 3.63) is 52.2 Å². The molecule has 0 amide bonds. The molecule has 21 heavy (non-hydrogen) atoms. The normalized spacial score (nSPS) is 11.3. The molecule has 0 aliphatic carbocycles. The van der Waals surface area contributed by atoms with E-state index >= 15 is 0 Å². The van der Waals surface area contributed by atoms with E-state index in [-0.39, 0.29) is 5.82 Å². The second kappa shape index (κ2) is 5.41. The Morgan fingerprint density at radius 1 is 1.24 bits per heavy atom. The lowest BCUT2D eigenvalue weighted by Gasteiger charge is -1.97. The van der Waals surface area contributed by atoms with Gasteiger partial charge in [-0.2, -0.15) is 20.0 Å². The molecule has 2 N–H and O–H groups in total. The molecule has 0 bridgehead atoms. The van der Waals surface area contributed by atoms with Crippen molar-refractivity contribution in [3.8, 4) is 11.5 Å². The van der Waals surface area contributed by atoms with Gasteiger partial charge < -0.3 is 0 Å². The van der Waals surface area contributed by atoms with Crippen LogP contribution in [0.5, 0.6) is 0 Å². The lowest BCUT2D eigenvalue weighted by molar-refractivity contribution is 0.628. The van der Waals surface area contributed by atoms with Gasteiger partial charge in [0.2, 0.25) is 10.6 Å². The maximum Gasteiger partial charge on any atom is 0.216 e. The number of aromatic nitrogens is 5. The van der Waals surface area contributed by atoms with Crippen LogP contribution in [0.1, 0.15) is 11.3 Å². The van der Waals surface area contributed by atoms with Crippen molar-refractivity contribution in [1.82, 2.24) is 25.1 Å². The Labute approximate surface area is 124 Å². The van der Waals surface area contributed by atoms with Crippen LogP contribution in [-0.4, -0.2) is 31.3 Å². The molecule has 0 spiro atoms. The summed E-state index contributed by atoms with van der Waals surface area (Å²) in [5, 5.41) is 18.0. The number of benzene rings is 1. The summed E-state index contributed by atoms with van der Waals surface area (Å²) in [6.07, 6.45) is 1.58. The molecule has 0 atom stereocenters. The number of nitrogens with one attached hydrogen (secondary N) is 2. The number of hydrogen-bond acceptors (Lipinski definition) is 4. The lowest BCUT2D eigenvalue weighted by Crippen LogP contribution is -1.95. The van der Waals surface area contributed by atoms with Gasteiger partial charge in [0.1, 0.15) is 11.5 Å². The van der Waals surface area contributed by atoms with Crippen molar-refractivity contribution < 1.29 is 4.39 Å². The molecule has 3 rings (SSSR count). The topological polar surface area (TPSA) is 74.7 Å². The van der Waals surface area contributed by atoms with Crippen molar-refractivity contribution >= 4 is 18.4 Å². The SMILES string of the molecule is Cc1cc(-c2n[nH]c(=S)n2/N=C/c2ccc(F)cc2)n[nH]1. The molecule has 0 fully saturated rings. The molecular formula is C13H11FN6S. The molecule has 8 heteroatoms. The van der Waals surface area contributed by atoms with Gasteiger partial charge in [-0.3, -0.25) is 5.10 Å². The van der Waals surface area contributed by atoms with E-state index in [1.165, 1.54) is 16.8 Å². The second-order valence-corrected chi connectivity index (χ2v) is 4.78. The largest absolute Gasteiger partial charge is 0.282 e. The van der Waals surface area contributed by atoms with E-state index in [0.717, 1.165) is 11.3 Å². The van der Waals surface area contributed by atoms with Gasteiger partial charge in [0, 0.05) is 5.69 Å². The smallest absolute Gasteiger partial charge is 0.216 e. The molecule has 0 saturated heterocycles. The molecule has 106 valence electrons. The third kappa shape index (κ3) is 2.79. The molecule has 2 aromatic heterocycles. The fraction of sp³-hybridized carbons (Fsp3) is 0.0769. The van der Waals surface area contributed by atoms with Crippen LogP contribution in [0.4, 0.5) is 4.39 Å². The summed E-state index contributed by atoms with van der Waals surface area (Å²) >= 11 is 5.15. The Hall–Kier alpha value is -2.61. The first-order valence-electron chi connectivity index (χ1n) is 6.13. The van der Waals surface area contributed by atoms with Gasteiger partial charge in [0.15, 0.2) is 0 Å². The summed E-state index contributed by atoms with van der Waals surface area (Å²) < 4.78 is 14.7. The van der Waals surface area contributed by atoms with Gasteiger partial charge in [0.25, 0.3) is 0 Å².